The number of halogens is 1. The quantitative estimate of drug-likeness (QED) is 0.495. The molecule has 0 bridgehead atoms. The van der Waals surface area contributed by atoms with Gasteiger partial charge in [0, 0.05) is 19.2 Å². The van der Waals surface area contributed by atoms with Gasteiger partial charge in [-0.3, -0.25) is 9.59 Å². The molecular formula is C12H15BrN2O3. The Hall–Kier alpha value is -1.43. The average molecular weight is 315 g/mol. The molecule has 0 fully saturated rings. The molecule has 1 N–H and O–H groups in total. The van der Waals surface area contributed by atoms with Crippen LogP contribution in [-0.4, -0.2) is 30.0 Å². The minimum Gasteiger partial charge on any atom is -0.466 e. The second-order valence-electron chi connectivity index (χ2n) is 3.51. The Morgan fingerprint density at radius 1 is 1.50 bits per heavy atom. The number of pyridine rings is 1. The van der Waals surface area contributed by atoms with Crippen molar-refractivity contribution in [3.63, 3.8) is 0 Å². The van der Waals surface area contributed by atoms with Crippen molar-refractivity contribution >= 4 is 27.8 Å². The lowest BCUT2D eigenvalue weighted by Crippen LogP contribution is -2.25. The minimum absolute atomic E-state index is 0.209. The highest BCUT2D eigenvalue weighted by molar-refractivity contribution is 9.10. The van der Waals surface area contributed by atoms with Crippen molar-refractivity contribution < 1.29 is 14.3 Å². The van der Waals surface area contributed by atoms with E-state index in [-0.39, 0.29) is 11.9 Å². The van der Waals surface area contributed by atoms with E-state index in [0.717, 1.165) is 0 Å². The second kappa shape index (κ2) is 7.81. The first-order valence-electron chi connectivity index (χ1n) is 5.69. The highest BCUT2D eigenvalue weighted by atomic mass is 79.9. The van der Waals surface area contributed by atoms with Crippen LogP contribution in [-0.2, 0) is 9.53 Å². The summed E-state index contributed by atoms with van der Waals surface area (Å²) in [6.45, 7) is 2.58. The number of carbonyl (C=O) groups is 2. The predicted molar refractivity (Wildman–Crippen MR) is 70.1 cm³/mol. The molecule has 6 heteroatoms. The number of rotatable bonds is 6. The largest absolute Gasteiger partial charge is 0.466 e. The van der Waals surface area contributed by atoms with E-state index >= 15 is 0 Å². The van der Waals surface area contributed by atoms with Gasteiger partial charge in [-0.25, -0.2) is 4.98 Å². The number of amides is 1. The van der Waals surface area contributed by atoms with Crippen LogP contribution in [0.5, 0.6) is 0 Å². The van der Waals surface area contributed by atoms with Gasteiger partial charge in [-0.1, -0.05) is 0 Å². The Bertz CT molecular complexity index is 424. The lowest BCUT2D eigenvalue weighted by Gasteiger charge is -2.06. The summed E-state index contributed by atoms with van der Waals surface area (Å²) in [5.41, 5.74) is 0.480. The summed E-state index contributed by atoms with van der Waals surface area (Å²) in [4.78, 5) is 26.8. The van der Waals surface area contributed by atoms with Crippen LogP contribution in [0.3, 0.4) is 0 Å². The molecule has 0 aliphatic heterocycles. The van der Waals surface area contributed by atoms with E-state index in [2.05, 4.69) is 26.2 Å². The number of nitrogens with zero attached hydrogens (tertiary/aromatic N) is 1. The summed E-state index contributed by atoms with van der Waals surface area (Å²) in [6, 6.07) is 3.37. The fraction of sp³-hybridized carbons (Fsp3) is 0.417. The molecule has 1 aromatic rings. The molecule has 0 saturated heterocycles. The Morgan fingerprint density at radius 2 is 2.28 bits per heavy atom. The van der Waals surface area contributed by atoms with Gasteiger partial charge in [-0.15, -0.1) is 0 Å². The van der Waals surface area contributed by atoms with Gasteiger partial charge in [0.25, 0.3) is 5.91 Å². The summed E-state index contributed by atoms with van der Waals surface area (Å²) in [5.74, 6) is -0.451. The molecule has 1 amide bonds. The SMILES string of the molecule is CCOC(=O)CCCNC(=O)c1cccnc1Br. The van der Waals surface area contributed by atoms with Gasteiger partial charge in [0.2, 0.25) is 0 Å². The third-order valence-electron chi connectivity index (χ3n) is 2.15. The smallest absolute Gasteiger partial charge is 0.305 e. The van der Waals surface area contributed by atoms with E-state index in [1.165, 1.54) is 0 Å². The van der Waals surface area contributed by atoms with Crippen molar-refractivity contribution in [2.24, 2.45) is 0 Å². The second-order valence-corrected chi connectivity index (χ2v) is 4.26. The van der Waals surface area contributed by atoms with Crippen molar-refractivity contribution in [1.29, 1.82) is 0 Å². The van der Waals surface area contributed by atoms with E-state index < -0.39 is 0 Å². The van der Waals surface area contributed by atoms with Gasteiger partial charge < -0.3 is 10.1 Å². The van der Waals surface area contributed by atoms with Gasteiger partial charge in [0.1, 0.15) is 4.60 Å². The Labute approximate surface area is 114 Å². The molecule has 0 atom stereocenters. The van der Waals surface area contributed by atoms with Gasteiger partial charge in [-0.2, -0.15) is 0 Å². The maximum atomic E-state index is 11.7. The summed E-state index contributed by atoms with van der Waals surface area (Å²) >= 11 is 3.20. The first kappa shape index (κ1) is 14.6. The maximum absolute atomic E-state index is 11.7. The number of carbonyl (C=O) groups excluding carboxylic acids is 2. The van der Waals surface area contributed by atoms with Gasteiger partial charge in [0.05, 0.1) is 12.2 Å². The third-order valence-corrected chi connectivity index (χ3v) is 2.78. The van der Waals surface area contributed by atoms with Crippen molar-refractivity contribution in [1.82, 2.24) is 10.3 Å². The number of ether oxygens (including phenoxy) is 1. The van der Waals surface area contributed by atoms with E-state index in [1.54, 1.807) is 25.3 Å². The molecule has 98 valence electrons. The summed E-state index contributed by atoms with van der Waals surface area (Å²) in [6.07, 6.45) is 2.46. The fourth-order valence-corrected chi connectivity index (χ4v) is 1.75. The van der Waals surface area contributed by atoms with Crippen LogP contribution in [0.4, 0.5) is 0 Å². The van der Waals surface area contributed by atoms with E-state index in [4.69, 9.17) is 4.74 Å². The van der Waals surface area contributed by atoms with Crippen molar-refractivity contribution in [2.75, 3.05) is 13.2 Å². The van der Waals surface area contributed by atoms with Crippen LogP contribution in [0.1, 0.15) is 30.1 Å². The first-order chi connectivity index (χ1) is 8.65. The lowest BCUT2D eigenvalue weighted by molar-refractivity contribution is -0.143. The molecule has 1 aromatic heterocycles. The van der Waals surface area contributed by atoms with Crippen LogP contribution >= 0.6 is 15.9 Å². The predicted octanol–water partition coefficient (Wildman–Crippen LogP) is 1.92. The monoisotopic (exact) mass is 314 g/mol. The van der Waals surface area contributed by atoms with Gasteiger partial charge >= 0.3 is 5.97 Å². The Balaban J connectivity index is 2.30. The van der Waals surface area contributed by atoms with E-state index in [0.29, 0.717) is 36.2 Å². The molecular weight excluding hydrogens is 300 g/mol. The van der Waals surface area contributed by atoms with Crippen molar-refractivity contribution in [3.05, 3.63) is 28.5 Å². The van der Waals surface area contributed by atoms with Gasteiger partial charge in [0.15, 0.2) is 0 Å². The van der Waals surface area contributed by atoms with Gasteiger partial charge in [-0.05, 0) is 41.4 Å². The number of nitrogens with one attached hydrogen (secondary N) is 1. The number of esters is 1. The van der Waals surface area contributed by atoms with Crippen LogP contribution in [0.25, 0.3) is 0 Å². The van der Waals surface area contributed by atoms with Crippen molar-refractivity contribution in [2.45, 2.75) is 19.8 Å². The minimum atomic E-state index is -0.241. The van der Waals surface area contributed by atoms with Crippen molar-refractivity contribution in [3.8, 4) is 0 Å². The molecule has 0 unspecified atom stereocenters. The topological polar surface area (TPSA) is 68.3 Å². The summed E-state index contributed by atoms with van der Waals surface area (Å²) < 4.78 is 5.29. The highest BCUT2D eigenvalue weighted by Gasteiger charge is 2.09. The van der Waals surface area contributed by atoms with E-state index in [1.807, 2.05) is 0 Å². The summed E-state index contributed by atoms with van der Waals surface area (Å²) in [7, 11) is 0. The molecule has 0 spiro atoms. The summed E-state index contributed by atoms with van der Waals surface area (Å²) in [5, 5.41) is 2.72. The normalized spacial score (nSPS) is 9.89. The van der Waals surface area contributed by atoms with Crippen LogP contribution in [0, 0.1) is 0 Å². The molecule has 18 heavy (non-hydrogen) atoms. The maximum Gasteiger partial charge on any atom is 0.305 e. The molecule has 1 rings (SSSR count). The number of hydrogen-bond donors (Lipinski definition) is 1. The first-order valence-corrected chi connectivity index (χ1v) is 6.48. The van der Waals surface area contributed by atoms with E-state index in [9.17, 15) is 9.59 Å². The Morgan fingerprint density at radius 3 is 2.94 bits per heavy atom. The number of aromatic nitrogens is 1. The zero-order chi connectivity index (χ0) is 13.4. The molecule has 0 aliphatic carbocycles. The molecule has 5 nitrogen and oxygen atoms in total. The van der Waals surface area contributed by atoms with Crippen LogP contribution < -0.4 is 5.32 Å². The molecule has 0 aliphatic rings. The third kappa shape index (κ3) is 4.83. The van der Waals surface area contributed by atoms with Crippen LogP contribution in [0.2, 0.25) is 0 Å². The molecule has 0 aromatic carbocycles. The standard InChI is InChI=1S/C12H15BrN2O3/c1-2-18-10(16)6-4-8-15-12(17)9-5-3-7-14-11(9)13/h3,5,7H,2,4,6,8H2,1H3,(H,15,17). The number of hydrogen-bond acceptors (Lipinski definition) is 4. The molecule has 1 heterocycles. The zero-order valence-corrected chi connectivity index (χ0v) is 11.7. The highest BCUT2D eigenvalue weighted by Crippen LogP contribution is 2.11. The van der Waals surface area contributed by atoms with Crippen LogP contribution in [0.15, 0.2) is 22.9 Å². The average Bonchev–Trinajstić information content (AvgIpc) is 2.35. The Kier molecular flexibility index (Phi) is 6.35. The lowest BCUT2D eigenvalue weighted by atomic mass is 10.2. The molecule has 0 radical (unpaired) electrons. The fourth-order valence-electron chi connectivity index (χ4n) is 1.32. The molecule has 0 saturated carbocycles. The zero-order valence-electron chi connectivity index (χ0n) is 10.1.